The zero-order valence-corrected chi connectivity index (χ0v) is 23.1. The molecule has 4 heteroatoms. The van der Waals surface area contributed by atoms with Crippen LogP contribution in [0.5, 0.6) is 11.5 Å². The molecule has 4 aliphatic carbocycles. The number of aromatic carboxylic acids is 1. The third kappa shape index (κ3) is 5.04. The van der Waals surface area contributed by atoms with Crippen LogP contribution in [0.4, 0.5) is 0 Å². The first kappa shape index (κ1) is 25.6. The van der Waals surface area contributed by atoms with Crippen molar-refractivity contribution in [2.45, 2.75) is 38.0 Å². The first-order chi connectivity index (χ1) is 20.1. The van der Waals surface area contributed by atoms with E-state index >= 15 is 0 Å². The third-order valence-electron chi connectivity index (χ3n) is 9.10. The summed E-state index contributed by atoms with van der Waals surface area (Å²) in [7, 11) is 0. The van der Waals surface area contributed by atoms with E-state index in [0.29, 0.717) is 36.5 Å². The summed E-state index contributed by atoms with van der Waals surface area (Å²) in [6.07, 6.45) is 16.8. The van der Waals surface area contributed by atoms with Crippen molar-refractivity contribution in [3.63, 3.8) is 0 Å². The van der Waals surface area contributed by atoms with Gasteiger partial charge in [0.1, 0.15) is 18.1 Å². The number of rotatable bonds is 7. The Morgan fingerprint density at radius 3 is 2.56 bits per heavy atom. The predicted octanol–water partition coefficient (Wildman–Crippen LogP) is 8.27. The van der Waals surface area contributed by atoms with Crippen LogP contribution in [-0.2, 0) is 6.42 Å². The third-order valence-corrected chi connectivity index (χ3v) is 9.10. The van der Waals surface area contributed by atoms with Crippen LogP contribution in [0.15, 0.2) is 102 Å². The monoisotopic (exact) mass is 542 g/mol. The molecule has 0 aromatic heterocycles. The quantitative estimate of drug-likeness (QED) is 0.326. The molecule has 1 N–H and O–H groups in total. The van der Waals surface area contributed by atoms with Crippen molar-refractivity contribution in [3.05, 3.63) is 130 Å². The lowest BCUT2D eigenvalue weighted by atomic mass is 9.71. The zero-order valence-electron chi connectivity index (χ0n) is 23.1. The second-order valence-electron chi connectivity index (χ2n) is 11.5. The van der Waals surface area contributed by atoms with E-state index in [2.05, 4.69) is 78.9 Å². The second-order valence-corrected chi connectivity index (χ2v) is 11.5. The summed E-state index contributed by atoms with van der Waals surface area (Å²) in [6.45, 7) is 0.860. The van der Waals surface area contributed by atoms with Gasteiger partial charge in [-0.2, -0.15) is 0 Å². The number of fused-ring (bicyclic) bond motifs is 4. The molecule has 0 amide bonds. The van der Waals surface area contributed by atoms with Gasteiger partial charge in [0.15, 0.2) is 0 Å². The zero-order chi connectivity index (χ0) is 27.8. The summed E-state index contributed by atoms with van der Waals surface area (Å²) in [6, 6.07) is 22.2. The van der Waals surface area contributed by atoms with Crippen molar-refractivity contribution in [1.82, 2.24) is 0 Å². The molecule has 0 saturated heterocycles. The van der Waals surface area contributed by atoms with Gasteiger partial charge in [-0.1, -0.05) is 78.9 Å². The maximum absolute atomic E-state index is 12.1. The van der Waals surface area contributed by atoms with E-state index < -0.39 is 5.97 Å². The second kappa shape index (κ2) is 10.9. The first-order valence-electron chi connectivity index (χ1n) is 14.7. The van der Waals surface area contributed by atoms with E-state index in [1.807, 2.05) is 6.07 Å². The summed E-state index contributed by atoms with van der Waals surface area (Å²) < 4.78 is 12.8. The molecule has 206 valence electrons. The van der Waals surface area contributed by atoms with Gasteiger partial charge in [0.25, 0.3) is 0 Å². The van der Waals surface area contributed by atoms with E-state index in [1.54, 1.807) is 12.1 Å². The number of carboxylic acid groups (broad SMARTS) is 1. The highest BCUT2D eigenvalue weighted by Gasteiger charge is 2.32. The number of carbonyl (C=O) groups is 1. The molecule has 0 heterocycles. The average Bonchev–Trinajstić information content (AvgIpc) is 3.01. The van der Waals surface area contributed by atoms with Gasteiger partial charge < -0.3 is 14.6 Å². The summed E-state index contributed by atoms with van der Waals surface area (Å²) in [5.41, 5.74) is 9.18. The minimum atomic E-state index is -0.994. The Labute approximate surface area is 241 Å². The van der Waals surface area contributed by atoms with Crippen LogP contribution in [0, 0.1) is 11.8 Å². The van der Waals surface area contributed by atoms with E-state index in [9.17, 15) is 9.90 Å². The highest BCUT2D eigenvalue weighted by Crippen LogP contribution is 2.44. The molecule has 3 atom stereocenters. The molecule has 4 aliphatic rings. The van der Waals surface area contributed by atoms with Crippen LogP contribution in [-0.4, -0.2) is 24.3 Å². The molecule has 41 heavy (non-hydrogen) atoms. The summed E-state index contributed by atoms with van der Waals surface area (Å²) in [5.74, 6) is 1.14. The largest absolute Gasteiger partial charge is 0.493 e. The Hall–Kier alpha value is -4.31. The van der Waals surface area contributed by atoms with Crippen LogP contribution in [0.3, 0.4) is 0 Å². The minimum Gasteiger partial charge on any atom is -0.493 e. The predicted molar refractivity (Wildman–Crippen MR) is 162 cm³/mol. The number of carboxylic acids is 1. The fraction of sp³-hybridized carbons (Fsp3) is 0.270. The van der Waals surface area contributed by atoms with E-state index in [0.717, 1.165) is 32.1 Å². The van der Waals surface area contributed by atoms with Crippen LogP contribution in [0.1, 0.15) is 64.2 Å². The highest BCUT2D eigenvalue weighted by atomic mass is 16.5. The SMILES string of the molecule is O=C(O)c1cc(OCC2=C3C=CCCC3Cc3ccccc32)cc(OCC2c3ccccc3C=C3C=CCCC32)c1. The molecule has 4 nitrogen and oxygen atoms in total. The molecule has 3 unspecified atom stereocenters. The molecule has 0 radical (unpaired) electrons. The van der Waals surface area contributed by atoms with Gasteiger partial charge in [-0.05, 0) is 89.5 Å². The number of ether oxygens (including phenoxy) is 2. The number of benzene rings is 3. The Bertz CT molecular complexity index is 1620. The highest BCUT2D eigenvalue weighted by molar-refractivity contribution is 5.88. The van der Waals surface area contributed by atoms with Gasteiger partial charge in [0, 0.05) is 17.6 Å². The van der Waals surface area contributed by atoms with Gasteiger partial charge in [-0.25, -0.2) is 4.79 Å². The molecule has 3 aromatic carbocycles. The van der Waals surface area contributed by atoms with Crippen LogP contribution in [0.2, 0.25) is 0 Å². The van der Waals surface area contributed by atoms with Gasteiger partial charge in [-0.3, -0.25) is 0 Å². The fourth-order valence-electron chi connectivity index (χ4n) is 7.09. The lowest BCUT2D eigenvalue weighted by Crippen LogP contribution is -2.26. The Kier molecular flexibility index (Phi) is 6.84. The van der Waals surface area contributed by atoms with E-state index in [1.165, 1.54) is 39.0 Å². The lowest BCUT2D eigenvalue weighted by molar-refractivity contribution is 0.0695. The molecule has 0 fully saturated rings. The van der Waals surface area contributed by atoms with Gasteiger partial charge in [0.2, 0.25) is 0 Å². The topological polar surface area (TPSA) is 55.8 Å². The smallest absolute Gasteiger partial charge is 0.335 e. The Morgan fingerprint density at radius 2 is 1.66 bits per heavy atom. The maximum Gasteiger partial charge on any atom is 0.335 e. The number of allylic oxidation sites excluding steroid dienone is 6. The average molecular weight is 543 g/mol. The summed E-state index contributed by atoms with van der Waals surface area (Å²) >= 11 is 0. The van der Waals surface area contributed by atoms with Crippen molar-refractivity contribution < 1.29 is 19.4 Å². The van der Waals surface area contributed by atoms with E-state index in [-0.39, 0.29) is 11.5 Å². The Morgan fingerprint density at radius 1 is 0.878 bits per heavy atom. The van der Waals surface area contributed by atoms with Gasteiger partial charge in [-0.15, -0.1) is 0 Å². The lowest BCUT2D eigenvalue weighted by Gasteiger charge is -2.35. The van der Waals surface area contributed by atoms with Gasteiger partial charge >= 0.3 is 5.97 Å². The molecule has 7 rings (SSSR count). The maximum atomic E-state index is 12.1. The molecule has 0 aliphatic heterocycles. The molecular weight excluding hydrogens is 508 g/mol. The van der Waals surface area contributed by atoms with Crippen molar-refractivity contribution in [1.29, 1.82) is 0 Å². The standard InChI is InChI=1S/C37H34O4/c38-37(39)28-19-29(40-22-35-31-13-5-1-9-24(31)17-25-10-2-6-14-32(25)35)21-30(20-28)41-23-36-33-15-7-3-11-26(33)18-27-12-4-8-16-34(27)36/h1-3,5,7-11,13,15-17,19-21,27,32,35H,4,6,12,14,18,22-23H2,(H,38,39). The number of hydrogen-bond acceptors (Lipinski definition) is 3. The molecular formula is C37H34O4. The molecule has 0 spiro atoms. The molecule has 3 aromatic rings. The Balaban J connectivity index is 1.15. The van der Waals surface area contributed by atoms with Crippen molar-refractivity contribution in [2.75, 3.05) is 13.2 Å². The van der Waals surface area contributed by atoms with Crippen molar-refractivity contribution in [2.24, 2.45) is 11.8 Å². The number of hydrogen-bond donors (Lipinski definition) is 1. The van der Waals surface area contributed by atoms with E-state index in [4.69, 9.17) is 9.47 Å². The van der Waals surface area contributed by atoms with Crippen LogP contribution >= 0.6 is 0 Å². The summed E-state index contributed by atoms with van der Waals surface area (Å²) in [4.78, 5) is 12.1. The normalized spacial score (nSPS) is 22.1. The fourth-order valence-corrected chi connectivity index (χ4v) is 7.09. The molecule has 0 saturated carbocycles. The van der Waals surface area contributed by atoms with Crippen LogP contribution < -0.4 is 9.47 Å². The van der Waals surface area contributed by atoms with Crippen molar-refractivity contribution >= 4 is 17.6 Å². The molecule has 0 bridgehead atoms. The van der Waals surface area contributed by atoms with Crippen molar-refractivity contribution in [3.8, 4) is 11.5 Å². The minimum absolute atomic E-state index is 0.167. The van der Waals surface area contributed by atoms with Gasteiger partial charge in [0.05, 0.1) is 12.2 Å². The first-order valence-corrected chi connectivity index (χ1v) is 14.7. The van der Waals surface area contributed by atoms with Crippen LogP contribution in [0.25, 0.3) is 11.6 Å². The summed E-state index contributed by atoms with van der Waals surface area (Å²) in [5, 5.41) is 9.89.